The first-order valence-corrected chi connectivity index (χ1v) is 6.91. The monoisotopic (exact) mass is 267 g/mol. The van der Waals surface area contributed by atoms with Crippen molar-refractivity contribution in [2.45, 2.75) is 38.0 Å². The van der Waals surface area contributed by atoms with Crippen LogP contribution in [-0.2, 0) is 11.8 Å². The topological polar surface area (TPSA) is 44.5 Å². The average Bonchev–Trinajstić information content (AvgIpc) is 2.78. The zero-order chi connectivity index (χ0) is 12.8. The molecule has 1 aliphatic heterocycles. The van der Waals surface area contributed by atoms with Crippen LogP contribution < -0.4 is 15.2 Å². The van der Waals surface area contributed by atoms with Gasteiger partial charge in [0.1, 0.15) is 0 Å². The van der Waals surface area contributed by atoms with Gasteiger partial charge in [0.15, 0.2) is 11.5 Å². The van der Waals surface area contributed by atoms with E-state index in [-0.39, 0.29) is 12.2 Å². The molecule has 1 aliphatic carbocycles. The largest absolute Gasteiger partial charge is 0.453 e. The zero-order valence-electron chi connectivity index (χ0n) is 10.6. The molecule has 18 heavy (non-hydrogen) atoms. The van der Waals surface area contributed by atoms with E-state index in [0.29, 0.717) is 17.3 Å². The van der Waals surface area contributed by atoms with Crippen LogP contribution in [0, 0.1) is 0 Å². The second-order valence-corrected chi connectivity index (χ2v) is 5.55. The Balaban J connectivity index is 2.17. The Labute approximate surface area is 112 Å². The highest BCUT2D eigenvalue weighted by Gasteiger charge is 2.41. The van der Waals surface area contributed by atoms with Gasteiger partial charge in [-0.15, -0.1) is 0 Å². The van der Waals surface area contributed by atoms with Gasteiger partial charge in [0.2, 0.25) is 6.79 Å². The second-order valence-electron chi connectivity index (χ2n) is 5.14. The van der Waals surface area contributed by atoms with E-state index in [2.05, 4.69) is 6.92 Å². The van der Waals surface area contributed by atoms with Gasteiger partial charge >= 0.3 is 0 Å². The SMILES string of the molecule is CCc1c(C2(CN)CCC2)cc(Cl)c2c1OCO2. The first-order chi connectivity index (χ1) is 8.72. The van der Waals surface area contributed by atoms with Crippen LogP contribution in [-0.4, -0.2) is 13.3 Å². The molecule has 1 fully saturated rings. The van der Waals surface area contributed by atoms with E-state index in [1.165, 1.54) is 17.5 Å². The second kappa shape index (κ2) is 4.32. The highest BCUT2D eigenvalue weighted by Crippen LogP contribution is 2.51. The van der Waals surface area contributed by atoms with Crippen molar-refractivity contribution in [2.24, 2.45) is 5.73 Å². The Morgan fingerprint density at radius 3 is 2.61 bits per heavy atom. The van der Waals surface area contributed by atoms with Crippen molar-refractivity contribution in [1.82, 2.24) is 0 Å². The molecule has 0 bridgehead atoms. The molecule has 0 amide bonds. The summed E-state index contributed by atoms with van der Waals surface area (Å²) in [6, 6.07) is 2.04. The summed E-state index contributed by atoms with van der Waals surface area (Å²) < 4.78 is 11.0. The molecule has 3 nitrogen and oxygen atoms in total. The van der Waals surface area contributed by atoms with Crippen molar-refractivity contribution in [3.63, 3.8) is 0 Å². The highest BCUT2D eigenvalue weighted by molar-refractivity contribution is 6.32. The van der Waals surface area contributed by atoms with Crippen LogP contribution in [0.25, 0.3) is 0 Å². The molecule has 0 aromatic heterocycles. The number of rotatable bonds is 3. The third-order valence-electron chi connectivity index (χ3n) is 4.33. The summed E-state index contributed by atoms with van der Waals surface area (Å²) in [6.45, 7) is 3.08. The van der Waals surface area contributed by atoms with Gasteiger partial charge in [0.05, 0.1) is 5.02 Å². The lowest BCUT2D eigenvalue weighted by molar-refractivity contribution is 0.173. The molecule has 0 spiro atoms. The van der Waals surface area contributed by atoms with Crippen molar-refractivity contribution in [3.05, 3.63) is 22.2 Å². The van der Waals surface area contributed by atoms with Crippen molar-refractivity contribution >= 4 is 11.6 Å². The maximum atomic E-state index is 6.30. The molecule has 0 saturated heterocycles. The molecule has 1 aromatic rings. The summed E-state index contributed by atoms with van der Waals surface area (Å²) in [5, 5.41) is 0.648. The number of ether oxygens (including phenoxy) is 2. The number of nitrogens with two attached hydrogens (primary N) is 1. The molecule has 1 heterocycles. The van der Waals surface area contributed by atoms with Crippen molar-refractivity contribution < 1.29 is 9.47 Å². The van der Waals surface area contributed by atoms with Gasteiger partial charge in [-0.2, -0.15) is 0 Å². The molecule has 98 valence electrons. The van der Waals surface area contributed by atoms with Crippen LogP contribution in [0.5, 0.6) is 11.5 Å². The first-order valence-electron chi connectivity index (χ1n) is 6.53. The number of hydrogen-bond donors (Lipinski definition) is 1. The van der Waals surface area contributed by atoms with Crippen LogP contribution in [0.2, 0.25) is 5.02 Å². The summed E-state index contributed by atoms with van der Waals surface area (Å²) >= 11 is 6.30. The minimum atomic E-state index is 0.107. The van der Waals surface area contributed by atoms with Crippen molar-refractivity contribution in [2.75, 3.05) is 13.3 Å². The molecule has 4 heteroatoms. The van der Waals surface area contributed by atoms with Gasteiger partial charge in [-0.25, -0.2) is 0 Å². The molecule has 3 rings (SSSR count). The molecule has 0 atom stereocenters. The van der Waals surface area contributed by atoms with Gasteiger partial charge < -0.3 is 15.2 Å². The minimum absolute atomic E-state index is 0.107. The Kier molecular flexibility index (Phi) is 2.91. The van der Waals surface area contributed by atoms with E-state index in [1.54, 1.807) is 0 Å². The molecular weight excluding hydrogens is 250 g/mol. The summed E-state index contributed by atoms with van der Waals surface area (Å²) in [4.78, 5) is 0. The quantitative estimate of drug-likeness (QED) is 0.916. The number of hydrogen-bond acceptors (Lipinski definition) is 3. The van der Waals surface area contributed by atoms with E-state index in [9.17, 15) is 0 Å². The maximum absolute atomic E-state index is 6.30. The fourth-order valence-electron chi connectivity index (χ4n) is 3.09. The predicted octanol–water partition coefficient (Wildman–Crippen LogP) is 3.01. The van der Waals surface area contributed by atoms with Crippen LogP contribution >= 0.6 is 11.6 Å². The molecule has 1 aromatic carbocycles. The van der Waals surface area contributed by atoms with Gasteiger partial charge in [0, 0.05) is 17.5 Å². The minimum Gasteiger partial charge on any atom is -0.453 e. The molecule has 1 saturated carbocycles. The summed E-state index contributed by atoms with van der Waals surface area (Å²) in [5.74, 6) is 1.53. The normalized spacial score (nSPS) is 19.7. The summed E-state index contributed by atoms with van der Waals surface area (Å²) in [5.41, 5.74) is 8.60. The van der Waals surface area contributed by atoms with E-state index in [4.69, 9.17) is 26.8 Å². The van der Waals surface area contributed by atoms with Crippen LogP contribution in [0.15, 0.2) is 6.07 Å². The maximum Gasteiger partial charge on any atom is 0.231 e. The smallest absolute Gasteiger partial charge is 0.231 e. The van der Waals surface area contributed by atoms with Crippen molar-refractivity contribution in [1.29, 1.82) is 0 Å². The van der Waals surface area contributed by atoms with Gasteiger partial charge in [-0.3, -0.25) is 0 Å². The molecule has 0 unspecified atom stereocenters. The number of benzene rings is 1. The number of fused-ring (bicyclic) bond motifs is 1. The molecular formula is C14H18ClNO2. The fraction of sp³-hybridized carbons (Fsp3) is 0.571. The first kappa shape index (κ1) is 12.1. The summed E-state index contributed by atoms with van der Waals surface area (Å²) in [7, 11) is 0. The van der Waals surface area contributed by atoms with E-state index in [1.807, 2.05) is 6.07 Å². The van der Waals surface area contributed by atoms with Crippen molar-refractivity contribution in [3.8, 4) is 11.5 Å². The standard InChI is InChI=1S/C14H18ClNO2/c1-2-9-10(14(7-16)4-3-5-14)6-11(15)13-12(9)17-8-18-13/h6H,2-5,7-8,16H2,1H3. The van der Waals surface area contributed by atoms with Crippen LogP contribution in [0.4, 0.5) is 0 Å². The Morgan fingerprint density at radius 2 is 2.06 bits per heavy atom. The van der Waals surface area contributed by atoms with E-state index >= 15 is 0 Å². The third-order valence-corrected chi connectivity index (χ3v) is 4.61. The third kappa shape index (κ3) is 1.54. The Morgan fingerprint density at radius 1 is 1.33 bits per heavy atom. The lowest BCUT2D eigenvalue weighted by Gasteiger charge is -2.43. The molecule has 2 N–H and O–H groups in total. The predicted molar refractivity (Wildman–Crippen MR) is 71.5 cm³/mol. The lowest BCUT2D eigenvalue weighted by atomic mass is 9.63. The van der Waals surface area contributed by atoms with E-state index in [0.717, 1.165) is 25.0 Å². The van der Waals surface area contributed by atoms with Gasteiger partial charge in [-0.05, 0) is 30.9 Å². The van der Waals surface area contributed by atoms with Gasteiger partial charge in [0.25, 0.3) is 0 Å². The van der Waals surface area contributed by atoms with Crippen LogP contribution in [0.1, 0.15) is 37.3 Å². The molecule has 0 radical (unpaired) electrons. The highest BCUT2D eigenvalue weighted by atomic mass is 35.5. The number of halogens is 1. The Bertz CT molecular complexity index is 478. The average molecular weight is 268 g/mol. The zero-order valence-corrected chi connectivity index (χ0v) is 11.3. The van der Waals surface area contributed by atoms with E-state index < -0.39 is 0 Å². The Hall–Kier alpha value is -0.930. The van der Waals surface area contributed by atoms with Gasteiger partial charge in [-0.1, -0.05) is 24.9 Å². The lowest BCUT2D eigenvalue weighted by Crippen LogP contribution is -2.42. The van der Waals surface area contributed by atoms with Crippen LogP contribution in [0.3, 0.4) is 0 Å². The summed E-state index contributed by atoms with van der Waals surface area (Å²) in [6.07, 6.45) is 4.45. The fourth-order valence-corrected chi connectivity index (χ4v) is 3.34. The molecule has 2 aliphatic rings.